The molecule has 0 atom stereocenters. The fraction of sp³-hybridized carbons (Fsp3) is 0.139. The van der Waals surface area contributed by atoms with Crippen LogP contribution >= 0.6 is 102 Å². The lowest BCUT2D eigenvalue weighted by molar-refractivity contribution is -0.670. The standard InChI is InChI=1S/C23H17F3N4O.C19H12BrF3N2.C15H15F3N4.C15H11F3.C13H9F3N4.C7H3Br2F3.C5H3Br2N.C3H4N2.CH3I/c1-13-6-8-18-16(10-13)17-12-15(23(24,25)26)7-9-19(17)30(18)20-4-3-5-21(27-20)31-22-11-14(2)28-29-22;1-11-5-7-15-13(9-11)14-10-12(19(21,22)23)6-8-16(14)25(15)18-4-2-3-17(20)24-18;1-19-3-5-21(10-19)13-7-12(15(16,17)18)8-14(9-13)22-6-4-20(2)11-22;1-9-2-3-10-7-11-4-5-12(15(16,17)18)8-14(11)13(10)6-9;14-13(15,16)10-5-11(19-3-1-17-8-19)7-12(6-10)20-4-2-18-9-20;8-5-1-4(7(10,11)12)2-6(9)3-5;6-4-2-1-3-5(7)8-4;1-2-5-3-4-1;1-2/h3-12H,1-2H3,(H,28,29);2-10H,1H3;3-11H,1-2H3;2-6,8H,7H2,1H3;1-9H;1-3H;1-3H;1-3H,(H,4,5);1H3/q;;+2;;;;;;. The van der Waals surface area contributed by atoms with Gasteiger partial charge in [0.2, 0.25) is 24.4 Å². The van der Waals surface area contributed by atoms with Crippen molar-refractivity contribution in [3.63, 3.8) is 0 Å². The normalized spacial score (nSPS) is 11.7. The molecule has 0 saturated heterocycles. The third-order valence-electron chi connectivity index (χ3n) is 21.1. The Bertz CT molecular complexity index is 7620. The molecule has 0 fully saturated rings. The Kier molecular flexibility index (Phi) is 34.3. The smallest absolute Gasteiger partial charge is 0.416 e. The summed E-state index contributed by atoms with van der Waals surface area (Å²) in [5, 5.41) is 9.44. The molecule has 2 N–H and O–H groups in total. The minimum Gasteiger partial charge on any atom is -0.419 e. The molecule has 1 aliphatic carbocycles. The number of nitrogens with one attached hydrogen (secondary N) is 2. The molecule has 11 aromatic heterocycles. The van der Waals surface area contributed by atoms with Gasteiger partial charge < -0.3 is 18.9 Å². The number of aromatic amines is 2. The van der Waals surface area contributed by atoms with Gasteiger partial charge in [0.1, 0.15) is 61.6 Å². The Morgan fingerprint density at radius 2 is 0.741 bits per heavy atom. The van der Waals surface area contributed by atoms with Gasteiger partial charge in [0.15, 0.2) is 0 Å². The first-order valence-corrected chi connectivity index (χ1v) is 48.2. The van der Waals surface area contributed by atoms with E-state index in [0.29, 0.717) is 81.5 Å². The van der Waals surface area contributed by atoms with Crippen LogP contribution in [-0.2, 0) is 57.6 Å². The van der Waals surface area contributed by atoms with Gasteiger partial charge in [0, 0.05) is 103 Å². The zero-order valence-electron chi connectivity index (χ0n) is 75.4. The van der Waals surface area contributed by atoms with Crippen molar-refractivity contribution in [3.05, 3.63) is 408 Å². The van der Waals surface area contributed by atoms with Crippen molar-refractivity contribution in [2.24, 2.45) is 14.1 Å². The van der Waals surface area contributed by atoms with Crippen LogP contribution in [0.5, 0.6) is 11.8 Å². The van der Waals surface area contributed by atoms with E-state index >= 15 is 0 Å². The van der Waals surface area contributed by atoms with E-state index in [9.17, 15) is 79.0 Å². The van der Waals surface area contributed by atoms with Crippen molar-refractivity contribution >= 4 is 146 Å². The number of alkyl halides is 19. The third-order valence-corrected chi connectivity index (χ3v) is 23.3. The molecule has 1 aliphatic rings. The average molecular weight is 2410 g/mol. The predicted octanol–water partition coefficient (Wildman–Crippen LogP) is 30.5. The first-order chi connectivity index (χ1) is 67.6. The highest BCUT2D eigenvalue weighted by molar-refractivity contribution is 14.1. The number of ether oxygens (including phenoxy) is 1. The van der Waals surface area contributed by atoms with Crippen molar-refractivity contribution in [2.45, 2.75) is 71.2 Å². The fourth-order valence-corrected chi connectivity index (χ4v) is 17.3. The van der Waals surface area contributed by atoms with Gasteiger partial charge in [0.05, 0.1) is 88.5 Å². The molecule has 738 valence electrons. The second kappa shape index (κ2) is 45.7. The summed E-state index contributed by atoms with van der Waals surface area (Å²) < 4.78 is 255. The maximum absolute atomic E-state index is 13.3. The van der Waals surface area contributed by atoms with Crippen molar-refractivity contribution < 1.29 is 92.9 Å². The van der Waals surface area contributed by atoms with Crippen molar-refractivity contribution in [1.82, 2.24) is 72.5 Å². The number of benzene rings is 9. The van der Waals surface area contributed by atoms with Gasteiger partial charge in [-0.25, -0.2) is 43.2 Å². The number of aryl methyl sites for hydroxylation is 6. The van der Waals surface area contributed by atoms with Gasteiger partial charge in [-0.3, -0.25) is 14.2 Å². The van der Waals surface area contributed by atoms with Crippen LogP contribution in [0.25, 0.3) is 89.1 Å². The minimum absolute atomic E-state index is 0.332. The Morgan fingerprint density at radius 1 is 0.357 bits per heavy atom. The molecule has 42 heteroatoms. The lowest BCUT2D eigenvalue weighted by atomic mass is 10.0. The molecular weight excluding hydrogens is 2340 g/mol. The molecule has 20 aromatic rings. The molecule has 18 nitrogen and oxygen atoms in total. The number of rotatable bonds is 8. The molecule has 11 heterocycles. The monoisotopic (exact) mass is 2410 g/mol. The van der Waals surface area contributed by atoms with Crippen LogP contribution in [0.4, 0.5) is 79.0 Å². The number of nitrogens with zero attached hydrogens (tertiary/aromatic N) is 15. The minimum atomic E-state index is -4.42. The molecule has 0 radical (unpaired) electrons. The summed E-state index contributed by atoms with van der Waals surface area (Å²) in [6.45, 7) is 7.65. The number of imidazole rings is 5. The maximum Gasteiger partial charge on any atom is 0.416 e. The van der Waals surface area contributed by atoms with Gasteiger partial charge >= 0.3 is 37.1 Å². The molecule has 0 amide bonds. The summed E-state index contributed by atoms with van der Waals surface area (Å²) in [4.78, 5) is 29.1. The number of fused-ring (bicyclic) bond motifs is 9. The zero-order valence-corrected chi connectivity index (χ0v) is 85.5. The fourth-order valence-electron chi connectivity index (χ4n) is 14.7. The Labute approximate surface area is 859 Å². The molecule has 0 saturated carbocycles. The number of pyridine rings is 3. The van der Waals surface area contributed by atoms with Crippen molar-refractivity contribution in [1.29, 1.82) is 0 Å². The topological polar surface area (TPSA) is 168 Å². The molecular formula is C101H77Br5F18IN17O+2. The van der Waals surface area contributed by atoms with E-state index in [-0.39, 0.29) is 0 Å². The van der Waals surface area contributed by atoms with Gasteiger partial charge in [-0.05, 0) is 261 Å². The maximum atomic E-state index is 13.3. The summed E-state index contributed by atoms with van der Waals surface area (Å²) >= 11 is 17.9. The van der Waals surface area contributed by atoms with Crippen LogP contribution in [0, 0.1) is 27.7 Å². The second-order valence-corrected chi connectivity index (χ2v) is 35.9. The van der Waals surface area contributed by atoms with E-state index in [1.165, 1.54) is 64.5 Å². The van der Waals surface area contributed by atoms with E-state index in [4.69, 9.17) is 4.74 Å². The molecule has 143 heavy (non-hydrogen) atoms. The average Bonchev–Trinajstić information content (AvgIpc) is 1.59. The number of halogens is 24. The summed E-state index contributed by atoms with van der Waals surface area (Å²) in [6.07, 6.45) is -0.827. The summed E-state index contributed by atoms with van der Waals surface area (Å²) in [5.41, 5.74) is 8.28. The number of hydrogen-bond acceptors (Lipinski definition) is 8. The molecule has 0 spiro atoms. The van der Waals surface area contributed by atoms with Gasteiger partial charge in [0.25, 0.3) is 0 Å². The molecule has 0 unspecified atom stereocenters. The first-order valence-electron chi connectivity index (χ1n) is 42.1. The second-order valence-electron chi connectivity index (χ2n) is 31.6. The lowest BCUT2D eigenvalue weighted by Crippen LogP contribution is -2.24. The highest BCUT2D eigenvalue weighted by atomic mass is 127. The molecule has 0 bridgehead atoms. The van der Waals surface area contributed by atoms with Crippen LogP contribution in [-0.4, -0.2) is 77.4 Å². The van der Waals surface area contributed by atoms with Crippen LogP contribution in [0.3, 0.4) is 0 Å². The molecule has 21 rings (SSSR count). The highest BCUT2D eigenvalue weighted by Gasteiger charge is 2.38. The third kappa shape index (κ3) is 27.9. The lowest BCUT2D eigenvalue weighted by Gasteiger charge is -2.13. The Morgan fingerprint density at radius 3 is 1.13 bits per heavy atom. The van der Waals surface area contributed by atoms with Crippen LogP contribution in [0.15, 0.2) is 341 Å². The van der Waals surface area contributed by atoms with Gasteiger partial charge in [-0.2, -0.15) is 84.0 Å². The summed E-state index contributed by atoms with van der Waals surface area (Å²) in [5.74, 6) is 1.90. The SMILES string of the molecule is Brc1cccc(Br)n1.CI.C[n+]1ccn(-c2cc(-n3cc[n+](C)c3)cc(C(F)(F)F)c2)c1.Cc1ccc2c(c1)-c1cc(C(F)(F)F)ccc1C2.Cc1ccc2c(c1)c1cc(C(F)(F)F)ccc1n2-c1cccc(Br)n1.Cc1ccc2c(c1)c1cc(C(F)(F)F)ccc1n2-c1cccc(Oc2cc(C)[nH]n2)n1.FC(F)(F)c1cc(-n2ccnc2)cc(-n2ccnc2)c1.FC(F)(F)c1cc(Br)cc(Br)c1.c1c[nH]cn1. The quantitative estimate of drug-likeness (QED) is 0.0498. The van der Waals surface area contributed by atoms with Crippen LogP contribution < -0.4 is 13.9 Å². The first kappa shape index (κ1) is 107. The van der Waals surface area contributed by atoms with E-state index in [0.717, 1.165) is 137 Å². The number of H-pyrrole nitrogens is 2. The van der Waals surface area contributed by atoms with Crippen LogP contribution in [0.2, 0.25) is 0 Å². The highest BCUT2D eigenvalue weighted by Crippen LogP contribution is 2.45. The van der Waals surface area contributed by atoms with Crippen LogP contribution in [0.1, 0.15) is 66.9 Å². The summed E-state index contributed by atoms with van der Waals surface area (Å²) in [6, 6.07) is 58.7. The van der Waals surface area contributed by atoms with Crippen molar-refractivity contribution in [2.75, 3.05) is 4.93 Å². The van der Waals surface area contributed by atoms with E-state index < -0.39 is 70.4 Å². The zero-order chi connectivity index (χ0) is 103. The van der Waals surface area contributed by atoms with E-state index in [1.807, 2.05) is 147 Å². The van der Waals surface area contributed by atoms with E-state index in [2.05, 4.69) is 147 Å². The summed E-state index contributed by atoms with van der Waals surface area (Å²) in [7, 11) is 3.63. The largest absolute Gasteiger partial charge is 0.419 e. The molecule has 9 aromatic carbocycles. The van der Waals surface area contributed by atoms with Gasteiger partial charge in [-0.1, -0.05) is 126 Å². The number of aromatic nitrogens is 17. The van der Waals surface area contributed by atoms with Crippen molar-refractivity contribution in [3.8, 4) is 57.3 Å². The predicted molar refractivity (Wildman–Crippen MR) is 535 cm³/mol. The number of hydrogen-bond donors (Lipinski definition) is 2. The van der Waals surface area contributed by atoms with E-state index in [1.54, 1.807) is 135 Å². The Balaban J connectivity index is 0.000000142. The molecule has 0 aliphatic heterocycles. The Hall–Kier alpha value is -13.0. The van der Waals surface area contributed by atoms with Gasteiger partial charge in [-0.15, -0.1) is 5.10 Å².